The van der Waals surface area contributed by atoms with Gasteiger partial charge in [0.05, 0.1) is 6.33 Å². The van der Waals surface area contributed by atoms with Gasteiger partial charge in [0, 0.05) is 30.7 Å². The van der Waals surface area contributed by atoms with Crippen molar-refractivity contribution in [2.24, 2.45) is 7.05 Å². The van der Waals surface area contributed by atoms with Crippen molar-refractivity contribution in [3.63, 3.8) is 0 Å². The maximum Gasteiger partial charge on any atom is 0.406 e. The minimum Gasteiger partial charge on any atom is -0.361 e. The van der Waals surface area contributed by atoms with Gasteiger partial charge in [-0.1, -0.05) is 18.2 Å². The van der Waals surface area contributed by atoms with Gasteiger partial charge in [0.2, 0.25) is 0 Å². The van der Waals surface area contributed by atoms with E-state index in [4.69, 9.17) is 0 Å². The summed E-state index contributed by atoms with van der Waals surface area (Å²) in [5.74, 6) is 0. The topological polar surface area (TPSA) is 77.6 Å². The second-order valence-corrected chi connectivity index (χ2v) is 6.92. The van der Waals surface area contributed by atoms with E-state index in [2.05, 4.69) is 9.97 Å². The van der Waals surface area contributed by atoms with Crippen molar-refractivity contribution < 1.29 is 13.2 Å². The molecule has 1 aromatic carbocycles. The number of alkyl halides is 3. The number of hydrogen-bond acceptors (Lipinski definition) is 3. The first-order valence-corrected chi connectivity index (χ1v) is 9.02. The highest BCUT2D eigenvalue weighted by molar-refractivity contribution is 5.83. The van der Waals surface area contributed by atoms with E-state index in [1.54, 1.807) is 0 Å². The van der Waals surface area contributed by atoms with Gasteiger partial charge in [-0.25, -0.2) is 9.78 Å². The molecule has 0 saturated carbocycles. The van der Waals surface area contributed by atoms with Crippen LogP contribution in [0.25, 0.3) is 22.1 Å². The Bertz CT molecular complexity index is 1310. The number of imidazole rings is 1. The zero-order valence-electron chi connectivity index (χ0n) is 15.5. The van der Waals surface area contributed by atoms with Crippen molar-refractivity contribution in [1.29, 1.82) is 0 Å². The highest BCUT2D eigenvalue weighted by Gasteiger charge is 2.30. The van der Waals surface area contributed by atoms with Gasteiger partial charge < -0.3 is 9.55 Å². The van der Waals surface area contributed by atoms with Gasteiger partial charge in [0.25, 0.3) is 5.56 Å². The van der Waals surface area contributed by atoms with Crippen LogP contribution >= 0.6 is 0 Å². The molecule has 0 atom stereocenters. The van der Waals surface area contributed by atoms with Gasteiger partial charge >= 0.3 is 11.9 Å². The monoisotopic (exact) mass is 405 g/mol. The number of aromatic amines is 1. The number of H-pyrrole nitrogens is 1. The Balaban J connectivity index is 1.65. The molecule has 1 N–H and O–H groups in total. The predicted molar refractivity (Wildman–Crippen MR) is 102 cm³/mol. The van der Waals surface area contributed by atoms with E-state index in [1.165, 1.54) is 7.05 Å². The fourth-order valence-electron chi connectivity index (χ4n) is 3.60. The average molecular weight is 405 g/mol. The Labute approximate surface area is 162 Å². The number of rotatable bonds is 5. The highest BCUT2D eigenvalue weighted by Crippen LogP contribution is 2.20. The first-order chi connectivity index (χ1) is 13.8. The van der Waals surface area contributed by atoms with E-state index in [0.717, 1.165) is 36.5 Å². The molecule has 4 aromatic rings. The summed E-state index contributed by atoms with van der Waals surface area (Å²) in [4.78, 5) is 32.3. The fraction of sp³-hybridized carbons (Fsp3) is 0.316. The number of fused-ring (bicyclic) bond motifs is 2. The molecule has 0 aliphatic carbocycles. The summed E-state index contributed by atoms with van der Waals surface area (Å²) in [7, 11) is 1.39. The first-order valence-electron chi connectivity index (χ1n) is 9.02. The zero-order chi connectivity index (χ0) is 20.8. The van der Waals surface area contributed by atoms with Gasteiger partial charge in [0.15, 0.2) is 11.2 Å². The molecule has 0 spiro atoms. The van der Waals surface area contributed by atoms with Crippen LogP contribution in [0.4, 0.5) is 13.2 Å². The van der Waals surface area contributed by atoms with Crippen LogP contribution in [0.15, 0.2) is 46.4 Å². The van der Waals surface area contributed by atoms with Crippen LogP contribution < -0.4 is 11.2 Å². The highest BCUT2D eigenvalue weighted by atomic mass is 19.4. The second-order valence-electron chi connectivity index (χ2n) is 6.92. The number of benzene rings is 1. The maximum atomic E-state index is 12.8. The molecule has 0 amide bonds. The lowest BCUT2D eigenvalue weighted by molar-refractivity contribution is -0.140. The van der Waals surface area contributed by atoms with Crippen LogP contribution in [0.5, 0.6) is 0 Å². The molecular formula is C19H18F3N5O2. The summed E-state index contributed by atoms with van der Waals surface area (Å²) in [6.45, 7) is -1.25. The summed E-state index contributed by atoms with van der Waals surface area (Å²) in [5.41, 5.74) is 0.401. The van der Waals surface area contributed by atoms with Crippen molar-refractivity contribution in [2.45, 2.75) is 32.1 Å². The molecular weight excluding hydrogens is 387 g/mol. The largest absolute Gasteiger partial charge is 0.406 e. The molecule has 0 fully saturated rings. The number of nitrogens with one attached hydrogen (secondary N) is 1. The molecule has 0 radical (unpaired) electrons. The first kappa shape index (κ1) is 19.0. The predicted octanol–water partition coefficient (Wildman–Crippen LogP) is 2.57. The van der Waals surface area contributed by atoms with E-state index in [0.29, 0.717) is 12.8 Å². The lowest BCUT2D eigenvalue weighted by Gasteiger charge is -2.11. The molecule has 0 aliphatic rings. The lowest BCUT2D eigenvalue weighted by Crippen LogP contribution is -2.40. The van der Waals surface area contributed by atoms with Gasteiger partial charge in [-0.2, -0.15) is 13.2 Å². The van der Waals surface area contributed by atoms with Crippen LogP contribution in [0, 0.1) is 0 Å². The van der Waals surface area contributed by atoms with Gasteiger partial charge in [-0.05, 0) is 24.5 Å². The van der Waals surface area contributed by atoms with Crippen molar-refractivity contribution in [3.05, 3.63) is 63.2 Å². The molecule has 0 saturated heterocycles. The van der Waals surface area contributed by atoms with Crippen LogP contribution in [-0.2, 0) is 26.6 Å². The molecule has 10 heteroatoms. The number of halogens is 3. The standard InChI is InChI=1S/C19H18F3N5O2/c1-25-16-15(26(11-24-16)10-19(20,21)22)17(28)27(18(25)29)8-4-5-12-9-23-14-7-3-2-6-13(12)14/h2-3,6-7,9,11,23H,4-5,8,10H2,1H3. The third-order valence-electron chi connectivity index (χ3n) is 4.95. The number of aromatic nitrogens is 5. The van der Waals surface area contributed by atoms with Gasteiger partial charge in [-0.3, -0.25) is 13.9 Å². The average Bonchev–Trinajstić information content (AvgIpc) is 3.26. The molecule has 7 nitrogen and oxygen atoms in total. The van der Waals surface area contributed by atoms with E-state index < -0.39 is 24.0 Å². The normalized spacial score (nSPS) is 12.3. The fourth-order valence-corrected chi connectivity index (χ4v) is 3.60. The Morgan fingerprint density at radius 2 is 1.93 bits per heavy atom. The summed E-state index contributed by atoms with van der Waals surface area (Å²) in [5, 5.41) is 1.06. The van der Waals surface area contributed by atoms with Crippen LogP contribution in [-0.4, -0.2) is 29.8 Å². The Hall–Kier alpha value is -3.30. The molecule has 4 rings (SSSR count). The summed E-state index contributed by atoms with van der Waals surface area (Å²) in [6.07, 6.45) is -0.591. The van der Waals surface area contributed by atoms with Crippen molar-refractivity contribution >= 4 is 22.1 Å². The molecule has 0 bridgehead atoms. The third kappa shape index (κ3) is 3.45. The van der Waals surface area contributed by atoms with E-state index in [1.807, 2.05) is 30.5 Å². The maximum absolute atomic E-state index is 12.8. The third-order valence-corrected chi connectivity index (χ3v) is 4.95. The summed E-state index contributed by atoms with van der Waals surface area (Å²) in [6, 6.07) is 7.78. The minimum atomic E-state index is -4.51. The summed E-state index contributed by atoms with van der Waals surface area (Å²) >= 11 is 0. The SMILES string of the molecule is Cn1c(=O)n(CCCc2c[nH]c3ccccc23)c(=O)c2c1ncn2CC(F)(F)F. The Morgan fingerprint density at radius 1 is 1.17 bits per heavy atom. The number of hydrogen-bond donors (Lipinski definition) is 1. The molecule has 0 aliphatic heterocycles. The van der Waals surface area contributed by atoms with Crippen molar-refractivity contribution in [1.82, 2.24) is 23.7 Å². The smallest absolute Gasteiger partial charge is 0.361 e. The van der Waals surface area contributed by atoms with E-state index in [-0.39, 0.29) is 17.7 Å². The van der Waals surface area contributed by atoms with Gasteiger partial charge in [-0.15, -0.1) is 0 Å². The van der Waals surface area contributed by atoms with Gasteiger partial charge in [0.1, 0.15) is 6.54 Å². The van der Waals surface area contributed by atoms with E-state index in [9.17, 15) is 22.8 Å². The van der Waals surface area contributed by atoms with E-state index >= 15 is 0 Å². The van der Waals surface area contributed by atoms with Crippen molar-refractivity contribution in [3.8, 4) is 0 Å². The lowest BCUT2D eigenvalue weighted by atomic mass is 10.1. The molecule has 29 heavy (non-hydrogen) atoms. The van der Waals surface area contributed by atoms with Crippen LogP contribution in [0.1, 0.15) is 12.0 Å². The summed E-state index contributed by atoms with van der Waals surface area (Å²) < 4.78 is 41.3. The van der Waals surface area contributed by atoms with Crippen LogP contribution in [0.3, 0.4) is 0 Å². The molecule has 3 aromatic heterocycles. The molecule has 0 unspecified atom stereocenters. The minimum absolute atomic E-state index is 0.0582. The zero-order valence-corrected chi connectivity index (χ0v) is 15.5. The Kier molecular flexibility index (Phi) is 4.56. The van der Waals surface area contributed by atoms with Crippen LogP contribution in [0.2, 0.25) is 0 Å². The number of para-hydroxylation sites is 1. The Morgan fingerprint density at radius 3 is 2.69 bits per heavy atom. The number of aryl methyl sites for hydroxylation is 2. The number of nitrogens with zero attached hydrogens (tertiary/aromatic N) is 4. The quantitative estimate of drug-likeness (QED) is 0.554. The molecule has 3 heterocycles. The molecule has 152 valence electrons. The second kappa shape index (κ2) is 6.94. The van der Waals surface area contributed by atoms with Crippen molar-refractivity contribution in [2.75, 3.05) is 0 Å².